The van der Waals surface area contributed by atoms with Crippen molar-refractivity contribution in [3.05, 3.63) is 200 Å². The van der Waals surface area contributed by atoms with E-state index in [0.717, 1.165) is 28.6 Å². The zero-order valence-corrected chi connectivity index (χ0v) is 42.6. The van der Waals surface area contributed by atoms with Crippen LogP contribution in [0.4, 0.5) is 0 Å². The molecule has 7 aromatic carbocycles. The number of methoxy groups -OCH3 is 1. The molecule has 7 rings (SSSR count). The first-order valence-corrected chi connectivity index (χ1v) is 26.6. The Labute approximate surface area is 394 Å². The summed E-state index contributed by atoms with van der Waals surface area (Å²) in [6, 6.07) is 43.6. The van der Waals surface area contributed by atoms with Gasteiger partial charge in [-0.25, -0.2) is 8.42 Å². The summed E-state index contributed by atoms with van der Waals surface area (Å²) in [6.45, 7) is 24.1. The number of carbonyl (C=O) groups excluding carboxylic acids is 1. The summed E-state index contributed by atoms with van der Waals surface area (Å²) in [5, 5.41) is 4.26. The SMILES string of the molecule is COc1ccc(C(C)(C)c2ccc(Oc3ccc(S(=O)(=O)c4ccc(C)cc4)cc3)c(C(=O)CCC[PH](c3ccc(C)cc3C)(c3c(C)cc(C)cc3C)c3c(C)cc(C)cc3C)c2)cc1. The summed E-state index contributed by atoms with van der Waals surface area (Å²) >= 11 is 0. The van der Waals surface area contributed by atoms with Crippen molar-refractivity contribution in [2.75, 3.05) is 13.3 Å². The topological polar surface area (TPSA) is 69.7 Å². The van der Waals surface area contributed by atoms with Crippen LogP contribution in [-0.2, 0) is 15.3 Å². The van der Waals surface area contributed by atoms with Gasteiger partial charge >= 0.3 is 335 Å². The Morgan fingerprint density at radius 2 is 1.00 bits per heavy atom. The monoisotopic (exact) mass is 916 g/mol. The molecule has 0 radical (unpaired) electrons. The standard InChI is InChI=1S/C59H65O5PS/c1-38-15-25-51(26-16-38)66(61,62)52-27-23-50(24-28-52)64-55-29-20-48(59(10,11)47-18-21-49(63-12)22-19-47)37-53(55)54(60)14-13-31-65(56-30-17-39(2)32-42(56)5,57-43(6)33-40(3)34-44(57)7)58-45(8)35-41(4)36-46(58)9/h15-30,32-37,65H,13-14,31H2,1-12H3. The van der Waals surface area contributed by atoms with Crippen LogP contribution < -0.4 is 25.4 Å². The minimum atomic E-state index is -3.74. The Hall–Kier alpha value is -5.81. The third-order valence-corrected chi connectivity index (χ3v) is 21.2. The normalized spacial score (nSPS) is 12.2. The van der Waals surface area contributed by atoms with Crippen LogP contribution >= 0.6 is 7.26 Å². The molecule has 0 bridgehead atoms. The molecule has 342 valence electrons. The molecule has 7 aromatic rings. The van der Waals surface area contributed by atoms with Gasteiger partial charge in [-0.3, -0.25) is 0 Å². The average Bonchev–Trinajstić information content (AvgIpc) is 3.26. The zero-order valence-electron chi connectivity index (χ0n) is 40.8. The van der Waals surface area contributed by atoms with Gasteiger partial charge < -0.3 is 4.74 Å². The fraction of sp³-hybridized carbons (Fsp3) is 0.271. The predicted octanol–water partition coefficient (Wildman–Crippen LogP) is 13.1. The maximum absolute atomic E-state index is 15.1. The number of sulfone groups is 1. The summed E-state index contributed by atoms with van der Waals surface area (Å²) in [7, 11) is -4.92. The van der Waals surface area contributed by atoms with Crippen molar-refractivity contribution in [3.63, 3.8) is 0 Å². The van der Waals surface area contributed by atoms with E-state index >= 15 is 4.79 Å². The van der Waals surface area contributed by atoms with Gasteiger partial charge in [0.2, 0.25) is 0 Å². The second-order valence-electron chi connectivity index (χ2n) is 19.0. The first kappa shape index (κ1) is 48.1. The molecule has 7 heteroatoms. The molecule has 0 N–H and O–H groups in total. The van der Waals surface area contributed by atoms with Gasteiger partial charge in [0.15, 0.2) is 0 Å². The van der Waals surface area contributed by atoms with E-state index in [4.69, 9.17) is 9.47 Å². The Bertz CT molecular complexity index is 2930. The number of rotatable bonds is 15. The summed E-state index contributed by atoms with van der Waals surface area (Å²) in [4.78, 5) is 15.5. The van der Waals surface area contributed by atoms with Gasteiger partial charge in [-0.1, -0.05) is 17.7 Å². The number of ketones is 1. The van der Waals surface area contributed by atoms with Gasteiger partial charge in [0.1, 0.15) is 0 Å². The van der Waals surface area contributed by atoms with Crippen molar-refractivity contribution in [1.82, 2.24) is 0 Å². The Morgan fingerprint density at radius 1 is 0.530 bits per heavy atom. The second kappa shape index (κ2) is 19.2. The van der Waals surface area contributed by atoms with Gasteiger partial charge in [-0.2, -0.15) is 0 Å². The summed E-state index contributed by atoms with van der Waals surface area (Å²) in [5.41, 5.74) is 13.3. The van der Waals surface area contributed by atoms with Crippen molar-refractivity contribution in [3.8, 4) is 17.2 Å². The molecular weight excluding hydrogens is 852 g/mol. The third kappa shape index (κ3) is 9.55. The van der Waals surface area contributed by atoms with Crippen LogP contribution in [0.3, 0.4) is 0 Å². The molecule has 0 unspecified atom stereocenters. The molecule has 0 saturated heterocycles. The number of hydrogen-bond donors (Lipinski definition) is 0. The van der Waals surface area contributed by atoms with Crippen LogP contribution in [0.2, 0.25) is 0 Å². The van der Waals surface area contributed by atoms with Crippen LogP contribution in [0.1, 0.15) is 98.2 Å². The Balaban J connectivity index is 1.31. The quantitative estimate of drug-likeness (QED) is 0.0757. The molecule has 0 atom stereocenters. The molecule has 0 aliphatic heterocycles. The van der Waals surface area contributed by atoms with E-state index in [1.807, 2.05) is 37.3 Å². The molecule has 0 spiro atoms. The molecule has 0 fully saturated rings. The Kier molecular flexibility index (Phi) is 14.0. The molecule has 0 heterocycles. The second-order valence-corrected chi connectivity index (χ2v) is 24.8. The van der Waals surface area contributed by atoms with E-state index in [-0.39, 0.29) is 15.6 Å². The van der Waals surface area contributed by atoms with Crippen LogP contribution in [0.15, 0.2) is 143 Å². The molecular formula is C59H65O5PS. The first-order valence-electron chi connectivity index (χ1n) is 22.9. The Morgan fingerprint density at radius 3 is 1.52 bits per heavy atom. The van der Waals surface area contributed by atoms with Crippen LogP contribution in [-0.4, -0.2) is 27.5 Å². The molecule has 0 amide bonds. The van der Waals surface area contributed by atoms with E-state index in [1.54, 1.807) is 55.6 Å². The zero-order chi connectivity index (χ0) is 47.7. The number of hydrogen-bond acceptors (Lipinski definition) is 5. The molecule has 66 heavy (non-hydrogen) atoms. The van der Waals surface area contributed by atoms with E-state index in [0.29, 0.717) is 29.9 Å². The molecule has 0 saturated carbocycles. The van der Waals surface area contributed by atoms with Crippen LogP contribution in [0.25, 0.3) is 0 Å². The van der Waals surface area contributed by atoms with Crippen LogP contribution in [0.5, 0.6) is 17.2 Å². The van der Waals surface area contributed by atoms with E-state index in [2.05, 4.69) is 124 Å². The number of ether oxygens (including phenoxy) is 2. The molecule has 0 aromatic heterocycles. The minimum absolute atomic E-state index is 0.00539. The number of carbonyl (C=O) groups is 1. The summed E-state index contributed by atoms with van der Waals surface area (Å²) in [6.07, 6.45) is 1.81. The van der Waals surface area contributed by atoms with Crippen molar-refractivity contribution in [1.29, 1.82) is 0 Å². The van der Waals surface area contributed by atoms with Gasteiger partial charge in [0.25, 0.3) is 0 Å². The molecule has 0 aliphatic rings. The maximum atomic E-state index is 15.1. The number of Topliss-reactive ketones (excluding diaryl/α,β-unsaturated/α-hetero) is 1. The van der Waals surface area contributed by atoms with Gasteiger partial charge in [-0.05, 0) is 19.1 Å². The van der Waals surface area contributed by atoms with Gasteiger partial charge in [0.05, 0.1) is 12.0 Å². The van der Waals surface area contributed by atoms with Crippen molar-refractivity contribution < 1.29 is 22.7 Å². The van der Waals surface area contributed by atoms with Crippen LogP contribution in [0, 0.1) is 62.3 Å². The third-order valence-electron chi connectivity index (χ3n) is 13.5. The van der Waals surface area contributed by atoms with Crippen molar-refractivity contribution in [2.24, 2.45) is 0 Å². The number of benzene rings is 7. The van der Waals surface area contributed by atoms with E-state index < -0.39 is 22.5 Å². The fourth-order valence-corrected chi connectivity index (χ4v) is 18.1. The average molecular weight is 917 g/mol. The molecule has 5 nitrogen and oxygen atoms in total. The molecule has 0 aliphatic carbocycles. The summed E-state index contributed by atoms with van der Waals surface area (Å²) < 4.78 is 39.1. The van der Waals surface area contributed by atoms with Crippen molar-refractivity contribution in [2.45, 2.75) is 104 Å². The number of aryl methyl sites for hydroxylation is 9. The van der Waals surface area contributed by atoms with Crippen molar-refractivity contribution >= 4 is 38.8 Å². The summed E-state index contributed by atoms with van der Waals surface area (Å²) in [5.74, 6) is 1.64. The van der Waals surface area contributed by atoms with E-state index in [9.17, 15) is 8.42 Å². The first-order chi connectivity index (χ1) is 31.3. The van der Waals surface area contributed by atoms with Gasteiger partial charge in [0, 0.05) is 0 Å². The van der Waals surface area contributed by atoms with Gasteiger partial charge in [-0.15, -0.1) is 0 Å². The fourth-order valence-electron chi connectivity index (χ4n) is 10.5. The van der Waals surface area contributed by atoms with E-state index in [1.165, 1.54) is 60.4 Å². The predicted molar refractivity (Wildman–Crippen MR) is 278 cm³/mol.